The number of benzene rings is 2. The number of hydrogen-bond acceptors (Lipinski definition) is 2. The van der Waals surface area contributed by atoms with Gasteiger partial charge in [0.2, 0.25) is 0 Å². The van der Waals surface area contributed by atoms with Crippen molar-refractivity contribution in [3.05, 3.63) is 64.3 Å². The number of methoxy groups -OCH3 is 1. The monoisotopic (exact) mass is 340 g/mol. The van der Waals surface area contributed by atoms with Gasteiger partial charge in [-0.05, 0) is 17.7 Å². The van der Waals surface area contributed by atoms with Crippen LogP contribution in [0, 0.1) is 5.82 Å². The van der Waals surface area contributed by atoms with Crippen LogP contribution in [0.4, 0.5) is 17.6 Å². The number of halogens is 4. The Kier molecular flexibility index (Phi) is 4.02. The van der Waals surface area contributed by atoms with Crippen molar-refractivity contribution in [3.63, 3.8) is 0 Å². The van der Waals surface area contributed by atoms with Crippen LogP contribution in [-0.2, 0) is 12.6 Å². The molecule has 1 nitrogen and oxygen atoms in total. The molecule has 0 radical (unpaired) electrons. The highest BCUT2D eigenvalue weighted by molar-refractivity contribution is 7.19. The predicted molar refractivity (Wildman–Crippen MR) is 82.6 cm³/mol. The molecule has 0 N–H and O–H groups in total. The number of thiophene rings is 1. The maximum absolute atomic E-state index is 14.5. The van der Waals surface area contributed by atoms with Gasteiger partial charge in [0.15, 0.2) is 0 Å². The summed E-state index contributed by atoms with van der Waals surface area (Å²) in [4.78, 5) is 0.392. The molecule has 0 spiro atoms. The van der Waals surface area contributed by atoms with Crippen LogP contribution >= 0.6 is 11.3 Å². The molecule has 2 aromatic carbocycles. The van der Waals surface area contributed by atoms with E-state index in [1.807, 2.05) is 0 Å². The molecular weight excluding hydrogens is 328 g/mol. The van der Waals surface area contributed by atoms with Crippen molar-refractivity contribution in [2.45, 2.75) is 12.6 Å². The molecule has 0 aliphatic rings. The molecule has 0 saturated heterocycles. The molecule has 0 saturated carbocycles. The molecule has 6 heteroatoms. The summed E-state index contributed by atoms with van der Waals surface area (Å²) in [6, 6.07) is 10.0. The standard InChI is InChI=1S/C17H12F4OS/c1-22-13-7-3-6-12-15(18)14(23-16(12)13)9-10-4-2-5-11(8-10)17(19,20)21/h2-8H,9H2,1H3. The second-order valence-electron chi connectivity index (χ2n) is 5.05. The molecule has 3 aromatic rings. The van der Waals surface area contributed by atoms with Crippen molar-refractivity contribution in [3.8, 4) is 5.75 Å². The molecule has 120 valence electrons. The molecule has 0 amide bonds. The summed E-state index contributed by atoms with van der Waals surface area (Å²) in [6.07, 6.45) is -4.30. The van der Waals surface area contributed by atoms with Gasteiger partial charge in [0.05, 0.1) is 17.4 Å². The number of hydrogen-bond donors (Lipinski definition) is 0. The van der Waals surface area contributed by atoms with Crippen LogP contribution in [0.15, 0.2) is 42.5 Å². The third-order valence-corrected chi connectivity index (χ3v) is 4.72. The van der Waals surface area contributed by atoms with Gasteiger partial charge in [0.1, 0.15) is 11.6 Å². The van der Waals surface area contributed by atoms with Gasteiger partial charge in [-0.1, -0.05) is 30.3 Å². The lowest BCUT2D eigenvalue weighted by Crippen LogP contribution is -2.05. The second kappa shape index (κ2) is 5.85. The Balaban J connectivity index is 2.01. The van der Waals surface area contributed by atoms with Crippen molar-refractivity contribution in [1.82, 2.24) is 0 Å². The van der Waals surface area contributed by atoms with Gasteiger partial charge in [-0.15, -0.1) is 11.3 Å². The third kappa shape index (κ3) is 3.03. The molecule has 0 aliphatic heterocycles. The molecular formula is C17H12F4OS. The Morgan fingerprint density at radius 3 is 2.52 bits per heavy atom. The average molecular weight is 340 g/mol. The number of rotatable bonds is 3. The van der Waals surface area contributed by atoms with Crippen LogP contribution in [-0.4, -0.2) is 7.11 Å². The lowest BCUT2D eigenvalue weighted by atomic mass is 10.1. The zero-order valence-corrected chi connectivity index (χ0v) is 12.9. The fraction of sp³-hybridized carbons (Fsp3) is 0.176. The number of alkyl halides is 3. The minimum atomic E-state index is -4.40. The van der Waals surface area contributed by atoms with Crippen LogP contribution in [0.25, 0.3) is 10.1 Å². The van der Waals surface area contributed by atoms with Gasteiger partial charge < -0.3 is 4.74 Å². The molecule has 0 fully saturated rings. The van der Waals surface area contributed by atoms with E-state index in [2.05, 4.69) is 0 Å². The third-order valence-electron chi connectivity index (χ3n) is 3.52. The molecule has 0 unspecified atom stereocenters. The van der Waals surface area contributed by atoms with Crippen molar-refractivity contribution in [2.75, 3.05) is 7.11 Å². The number of fused-ring (bicyclic) bond motifs is 1. The Labute approximate surface area is 134 Å². The Morgan fingerprint density at radius 2 is 1.83 bits per heavy atom. The van der Waals surface area contributed by atoms with E-state index in [1.54, 1.807) is 24.3 Å². The van der Waals surface area contributed by atoms with Crippen LogP contribution in [0.1, 0.15) is 16.0 Å². The lowest BCUT2D eigenvalue weighted by Gasteiger charge is -2.08. The first-order chi connectivity index (χ1) is 10.9. The summed E-state index contributed by atoms with van der Waals surface area (Å²) in [5, 5.41) is 0.427. The fourth-order valence-corrected chi connectivity index (χ4v) is 3.63. The first kappa shape index (κ1) is 15.8. The molecule has 23 heavy (non-hydrogen) atoms. The van der Waals surface area contributed by atoms with Crippen LogP contribution in [0.2, 0.25) is 0 Å². The first-order valence-corrected chi connectivity index (χ1v) is 7.62. The van der Waals surface area contributed by atoms with Gasteiger partial charge in [-0.2, -0.15) is 13.2 Å². The fourth-order valence-electron chi connectivity index (χ4n) is 2.43. The van der Waals surface area contributed by atoms with Gasteiger partial charge in [0, 0.05) is 16.7 Å². The largest absolute Gasteiger partial charge is 0.495 e. The van der Waals surface area contributed by atoms with E-state index in [0.717, 1.165) is 12.1 Å². The molecule has 3 rings (SSSR count). The van der Waals surface area contributed by atoms with Crippen LogP contribution < -0.4 is 4.74 Å². The molecule has 0 bridgehead atoms. The van der Waals surface area contributed by atoms with Crippen molar-refractivity contribution in [2.24, 2.45) is 0 Å². The van der Waals surface area contributed by atoms with Gasteiger partial charge in [0.25, 0.3) is 0 Å². The van der Waals surface area contributed by atoms with E-state index >= 15 is 0 Å². The number of ether oxygens (including phenoxy) is 1. The Morgan fingerprint density at radius 1 is 1.09 bits per heavy atom. The smallest absolute Gasteiger partial charge is 0.416 e. The van der Waals surface area contributed by atoms with E-state index in [4.69, 9.17) is 4.74 Å². The summed E-state index contributed by atoms with van der Waals surface area (Å²) in [5.74, 6) is 0.156. The molecule has 1 aromatic heterocycles. The van der Waals surface area contributed by atoms with E-state index in [0.29, 0.717) is 26.3 Å². The molecule has 0 atom stereocenters. The normalized spacial score (nSPS) is 11.9. The van der Waals surface area contributed by atoms with Crippen LogP contribution in [0.3, 0.4) is 0 Å². The van der Waals surface area contributed by atoms with Crippen molar-refractivity contribution < 1.29 is 22.3 Å². The average Bonchev–Trinajstić information content (AvgIpc) is 2.83. The zero-order chi connectivity index (χ0) is 16.6. The highest BCUT2D eigenvalue weighted by atomic mass is 32.1. The summed E-state index contributed by atoms with van der Waals surface area (Å²) < 4.78 is 58.7. The quantitative estimate of drug-likeness (QED) is 0.559. The van der Waals surface area contributed by atoms with E-state index < -0.39 is 17.6 Å². The van der Waals surface area contributed by atoms with Gasteiger partial charge in [-0.25, -0.2) is 4.39 Å². The van der Waals surface area contributed by atoms with E-state index in [-0.39, 0.29) is 6.42 Å². The van der Waals surface area contributed by atoms with Gasteiger partial charge >= 0.3 is 6.18 Å². The maximum atomic E-state index is 14.5. The maximum Gasteiger partial charge on any atom is 0.416 e. The Hall–Kier alpha value is -2.08. The summed E-state index contributed by atoms with van der Waals surface area (Å²) in [5.41, 5.74) is -0.307. The Bertz CT molecular complexity index is 851. The summed E-state index contributed by atoms with van der Waals surface area (Å²) in [6.45, 7) is 0. The lowest BCUT2D eigenvalue weighted by molar-refractivity contribution is -0.137. The van der Waals surface area contributed by atoms with E-state index in [9.17, 15) is 17.6 Å². The molecule has 1 heterocycles. The minimum absolute atomic E-state index is 0.109. The molecule has 0 aliphatic carbocycles. The SMILES string of the molecule is COc1cccc2c(F)c(Cc3cccc(C(F)(F)F)c3)sc12. The predicted octanol–water partition coefficient (Wildman–Crippen LogP) is 5.66. The minimum Gasteiger partial charge on any atom is -0.495 e. The van der Waals surface area contributed by atoms with Crippen molar-refractivity contribution >= 4 is 21.4 Å². The first-order valence-electron chi connectivity index (χ1n) is 6.80. The topological polar surface area (TPSA) is 9.23 Å². The highest BCUT2D eigenvalue weighted by Gasteiger charge is 2.30. The van der Waals surface area contributed by atoms with Crippen LogP contribution in [0.5, 0.6) is 5.75 Å². The van der Waals surface area contributed by atoms with E-state index in [1.165, 1.54) is 24.5 Å². The second-order valence-corrected chi connectivity index (χ2v) is 6.16. The summed E-state index contributed by atoms with van der Waals surface area (Å²) in [7, 11) is 1.50. The zero-order valence-electron chi connectivity index (χ0n) is 12.1. The summed E-state index contributed by atoms with van der Waals surface area (Å²) >= 11 is 1.20. The van der Waals surface area contributed by atoms with Crippen molar-refractivity contribution in [1.29, 1.82) is 0 Å². The highest BCUT2D eigenvalue weighted by Crippen LogP contribution is 2.38. The van der Waals surface area contributed by atoms with Gasteiger partial charge in [-0.3, -0.25) is 0 Å².